The van der Waals surface area contributed by atoms with Crippen LogP contribution in [0.5, 0.6) is 0 Å². The summed E-state index contributed by atoms with van der Waals surface area (Å²) in [6.45, 7) is 4.25. The predicted octanol–water partition coefficient (Wildman–Crippen LogP) is 4.30. The van der Waals surface area contributed by atoms with Crippen LogP contribution in [0.2, 0.25) is 0 Å². The maximum Gasteiger partial charge on any atom is 0.252 e. The Bertz CT molecular complexity index is 733. The molecule has 1 aromatic carbocycles. The van der Waals surface area contributed by atoms with Crippen LogP contribution >= 0.6 is 11.3 Å². The maximum absolute atomic E-state index is 12.5. The van der Waals surface area contributed by atoms with E-state index in [1.807, 2.05) is 6.07 Å². The summed E-state index contributed by atoms with van der Waals surface area (Å²) in [5.74, 6) is -0.106. The minimum absolute atomic E-state index is 0.000721. The normalized spacial score (nSPS) is 16.7. The number of carbonyl (C=O) groups is 2. The van der Waals surface area contributed by atoms with E-state index in [2.05, 4.69) is 34.5 Å². The minimum Gasteiger partial charge on any atom is -0.350 e. The number of benzene rings is 1. The van der Waals surface area contributed by atoms with Crippen molar-refractivity contribution >= 4 is 23.0 Å². The third kappa shape index (κ3) is 4.80. The van der Waals surface area contributed by atoms with Crippen molar-refractivity contribution in [3.63, 3.8) is 0 Å². The molecule has 0 unspecified atom stereocenters. The maximum atomic E-state index is 12.5. The quantitative estimate of drug-likeness (QED) is 0.772. The van der Waals surface area contributed by atoms with Gasteiger partial charge in [0.1, 0.15) is 0 Å². The molecule has 1 aromatic heterocycles. The first-order chi connectivity index (χ1) is 12.6. The molecule has 1 fully saturated rings. The van der Waals surface area contributed by atoms with Gasteiger partial charge in [-0.3, -0.25) is 14.5 Å². The molecule has 4 nitrogen and oxygen atoms in total. The molecular formula is C21H26N2O2S. The van der Waals surface area contributed by atoms with Crippen molar-refractivity contribution in [1.82, 2.24) is 10.2 Å². The van der Waals surface area contributed by atoms with E-state index in [4.69, 9.17) is 0 Å². The van der Waals surface area contributed by atoms with Gasteiger partial charge in [0.25, 0.3) is 5.91 Å². The highest BCUT2D eigenvalue weighted by Gasteiger charge is 2.22. The van der Waals surface area contributed by atoms with Gasteiger partial charge in [-0.15, -0.1) is 11.3 Å². The van der Waals surface area contributed by atoms with Crippen LogP contribution in [0.25, 0.3) is 0 Å². The Labute approximate surface area is 159 Å². The molecule has 2 heterocycles. The molecule has 2 aromatic rings. The van der Waals surface area contributed by atoms with Gasteiger partial charge in [0.05, 0.1) is 16.5 Å². The van der Waals surface area contributed by atoms with Crippen LogP contribution in [0, 0.1) is 0 Å². The lowest BCUT2D eigenvalue weighted by Crippen LogP contribution is -2.38. The van der Waals surface area contributed by atoms with Crippen LogP contribution in [0.4, 0.5) is 0 Å². The Morgan fingerprint density at radius 2 is 1.81 bits per heavy atom. The van der Waals surface area contributed by atoms with Crippen LogP contribution < -0.4 is 5.32 Å². The average molecular weight is 371 g/mol. The molecule has 0 radical (unpaired) electrons. The Kier molecular flexibility index (Phi) is 6.58. The number of likely N-dealkylation sites (tertiary alicyclic amines) is 1. The highest BCUT2D eigenvalue weighted by molar-refractivity contribution is 7.12. The van der Waals surface area contributed by atoms with Gasteiger partial charge in [0.15, 0.2) is 5.78 Å². The van der Waals surface area contributed by atoms with Crippen molar-refractivity contribution in [1.29, 1.82) is 0 Å². The molecule has 0 saturated carbocycles. The summed E-state index contributed by atoms with van der Waals surface area (Å²) >= 11 is 1.33. The van der Waals surface area contributed by atoms with E-state index >= 15 is 0 Å². The van der Waals surface area contributed by atoms with Gasteiger partial charge < -0.3 is 5.32 Å². The van der Waals surface area contributed by atoms with E-state index in [0.717, 1.165) is 13.1 Å². The van der Waals surface area contributed by atoms with Crippen LogP contribution in [-0.4, -0.2) is 36.2 Å². The number of hydrogen-bond acceptors (Lipinski definition) is 4. The zero-order valence-electron chi connectivity index (χ0n) is 15.2. The first kappa shape index (κ1) is 18.8. The van der Waals surface area contributed by atoms with Crippen molar-refractivity contribution in [3.05, 3.63) is 57.8 Å². The van der Waals surface area contributed by atoms with Crippen molar-refractivity contribution in [2.45, 2.75) is 38.6 Å². The Morgan fingerprint density at radius 1 is 1.12 bits per heavy atom. The minimum atomic E-state index is -0.107. The monoisotopic (exact) mass is 370 g/mol. The van der Waals surface area contributed by atoms with E-state index in [1.54, 1.807) is 11.4 Å². The number of carbonyl (C=O) groups excluding carboxylic acids is 2. The molecule has 0 bridgehead atoms. The molecule has 1 aliphatic rings. The van der Waals surface area contributed by atoms with E-state index in [0.29, 0.717) is 17.0 Å². The summed E-state index contributed by atoms with van der Waals surface area (Å²) in [7, 11) is 0. The first-order valence-corrected chi connectivity index (χ1v) is 10.2. The molecule has 1 saturated heterocycles. The zero-order chi connectivity index (χ0) is 18.4. The summed E-state index contributed by atoms with van der Waals surface area (Å²) in [6, 6.07) is 12.3. The van der Waals surface area contributed by atoms with E-state index in [9.17, 15) is 9.59 Å². The Morgan fingerprint density at radius 3 is 2.42 bits per heavy atom. The lowest BCUT2D eigenvalue weighted by Gasteiger charge is -2.31. The zero-order valence-corrected chi connectivity index (χ0v) is 16.1. The number of nitrogens with one attached hydrogen (secondary N) is 1. The highest BCUT2D eigenvalue weighted by atomic mass is 32.1. The molecule has 1 aliphatic heterocycles. The van der Waals surface area contributed by atoms with Crippen LogP contribution in [0.15, 0.2) is 41.8 Å². The number of ketones is 1. The number of amides is 1. The first-order valence-electron chi connectivity index (χ1n) is 9.32. The smallest absolute Gasteiger partial charge is 0.252 e. The van der Waals surface area contributed by atoms with Gasteiger partial charge >= 0.3 is 0 Å². The Balaban J connectivity index is 1.70. The van der Waals surface area contributed by atoms with Crippen molar-refractivity contribution in [3.8, 4) is 0 Å². The molecule has 3 rings (SSSR count). The highest BCUT2D eigenvalue weighted by Crippen LogP contribution is 2.24. The third-order valence-electron chi connectivity index (χ3n) is 4.93. The number of rotatable bonds is 6. The van der Waals surface area contributed by atoms with Gasteiger partial charge in [-0.2, -0.15) is 0 Å². The molecule has 138 valence electrons. The standard InChI is InChI=1S/C21H26N2O2S/c1-16(24)20-13-18(15-26-20)21(25)22-14-19(17-9-5-4-6-10-17)23-11-7-2-3-8-12-23/h4-6,9-10,13,15,19H,2-3,7-8,11-12,14H2,1H3,(H,22,25)/t19-/m0/s1. The van der Waals surface area contributed by atoms with Crippen molar-refractivity contribution in [2.24, 2.45) is 0 Å². The fourth-order valence-electron chi connectivity index (χ4n) is 3.47. The van der Waals surface area contributed by atoms with E-state index in [1.165, 1.54) is 49.5 Å². The van der Waals surface area contributed by atoms with Gasteiger partial charge in [0.2, 0.25) is 0 Å². The molecule has 1 atom stereocenters. The average Bonchev–Trinajstić information content (AvgIpc) is 3.01. The summed E-state index contributed by atoms with van der Waals surface area (Å²) < 4.78 is 0. The molecular weight excluding hydrogens is 344 g/mol. The molecule has 1 N–H and O–H groups in total. The fraction of sp³-hybridized carbons (Fsp3) is 0.429. The lowest BCUT2D eigenvalue weighted by atomic mass is 10.0. The second-order valence-corrected chi connectivity index (χ2v) is 7.75. The molecule has 1 amide bonds. The number of hydrogen-bond donors (Lipinski definition) is 1. The predicted molar refractivity (Wildman–Crippen MR) is 106 cm³/mol. The largest absolute Gasteiger partial charge is 0.350 e. The van der Waals surface area contributed by atoms with Gasteiger partial charge in [0, 0.05) is 11.9 Å². The number of thiophene rings is 1. The fourth-order valence-corrected chi connectivity index (χ4v) is 4.26. The van der Waals surface area contributed by atoms with Crippen LogP contribution in [0.1, 0.15) is 64.2 Å². The topological polar surface area (TPSA) is 49.4 Å². The summed E-state index contributed by atoms with van der Waals surface area (Å²) in [6.07, 6.45) is 4.99. The molecule has 26 heavy (non-hydrogen) atoms. The number of Topliss-reactive ketones (excluding diaryl/α,β-unsaturated/α-hetero) is 1. The molecule has 0 aliphatic carbocycles. The van der Waals surface area contributed by atoms with Crippen LogP contribution in [0.3, 0.4) is 0 Å². The SMILES string of the molecule is CC(=O)c1cc(C(=O)NC[C@@H](c2ccccc2)N2CCCCCC2)cs1. The summed E-state index contributed by atoms with van der Waals surface area (Å²) in [5, 5.41) is 4.84. The van der Waals surface area contributed by atoms with Gasteiger partial charge in [-0.25, -0.2) is 0 Å². The van der Waals surface area contributed by atoms with Crippen molar-refractivity contribution < 1.29 is 9.59 Å². The number of nitrogens with zero attached hydrogens (tertiary/aromatic N) is 1. The summed E-state index contributed by atoms with van der Waals surface area (Å²) in [4.78, 5) is 27.1. The second-order valence-electron chi connectivity index (χ2n) is 6.84. The van der Waals surface area contributed by atoms with Gasteiger partial charge in [-0.05, 0) is 44.5 Å². The second kappa shape index (κ2) is 9.10. The van der Waals surface area contributed by atoms with E-state index < -0.39 is 0 Å². The van der Waals surface area contributed by atoms with Crippen molar-refractivity contribution in [2.75, 3.05) is 19.6 Å². The third-order valence-corrected chi connectivity index (χ3v) is 5.96. The van der Waals surface area contributed by atoms with Gasteiger partial charge in [-0.1, -0.05) is 43.2 Å². The lowest BCUT2D eigenvalue weighted by molar-refractivity contribution is 0.0933. The molecule has 0 spiro atoms. The van der Waals surface area contributed by atoms with Crippen LogP contribution in [-0.2, 0) is 0 Å². The summed E-state index contributed by atoms with van der Waals surface area (Å²) in [5.41, 5.74) is 1.81. The molecule has 5 heteroatoms. The Hall–Kier alpha value is -1.98. The van der Waals surface area contributed by atoms with E-state index in [-0.39, 0.29) is 17.7 Å².